The number of amides is 2. The molecule has 0 spiro atoms. The summed E-state index contributed by atoms with van der Waals surface area (Å²) in [6.45, 7) is 3.20. The summed E-state index contributed by atoms with van der Waals surface area (Å²) in [5.41, 5.74) is 8.09. The maximum atomic E-state index is 12.5. The molecule has 1 aromatic heterocycles. The Bertz CT molecular complexity index is 1040. The number of esters is 1. The molecule has 0 aliphatic heterocycles. The zero-order valence-electron chi connectivity index (χ0n) is 17.7. The van der Waals surface area contributed by atoms with Crippen molar-refractivity contribution < 1.29 is 28.3 Å². The Morgan fingerprint density at radius 2 is 1.77 bits per heavy atom. The lowest BCUT2D eigenvalue weighted by atomic mass is 9.89. The maximum Gasteiger partial charge on any atom is 0.342 e. The van der Waals surface area contributed by atoms with Crippen molar-refractivity contribution in [1.29, 1.82) is 0 Å². The largest absolute Gasteiger partial charge is 0.462 e. The normalized spacial score (nSPS) is 12.7. The summed E-state index contributed by atoms with van der Waals surface area (Å²) in [5.74, 6) is -2.48. The van der Waals surface area contributed by atoms with E-state index >= 15 is 0 Å². The molecule has 0 radical (unpaired) electrons. The Kier molecular flexibility index (Phi) is 6.89. The van der Waals surface area contributed by atoms with Gasteiger partial charge in [-0.25, -0.2) is 4.79 Å². The van der Waals surface area contributed by atoms with Crippen LogP contribution in [0.25, 0.3) is 0 Å². The maximum absolute atomic E-state index is 12.5. The number of furan rings is 1. The Morgan fingerprint density at radius 3 is 2.45 bits per heavy atom. The number of nitrogens with two attached hydrogens (primary N) is 1. The number of carbonyl (C=O) groups excluding carboxylic acids is 4. The molecule has 2 amide bonds. The number of anilines is 1. The van der Waals surface area contributed by atoms with Gasteiger partial charge in [0.15, 0.2) is 5.78 Å². The molecule has 1 aromatic carbocycles. The second-order valence-electron chi connectivity index (χ2n) is 7.48. The van der Waals surface area contributed by atoms with Gasteiger partial charge in [-0.2, -0.15) is 0 Å². The molecule has 8 heteroatoms. The number of carbonyl (C=O) groups is 4. The van der Waals surface area contributed by atoms with Gasteiger partial charge < -0.3 is 14.9 Å². The molecule has 1 aliphatic rings. The van der Waals surface area contributed by atoms with Crippen molar-refractivity contribution >= 4 is 29.5 Å². The first-order valence-electron chi connectivity index (χ1n) is 10.4. The third-order valence-electron chi connectivity index (χ3n) is 5.31. The van der Waals surface area contributed by atoms with Crippen LogP contribution in [0.15, 0.2) is 22.6 Å². The lowest BCUT2D eigenvalue weighted by Gasteiger charge is -2.16. The number of fused-ring (bicyclic) bond motifs is 1. The van der Waals surface area contributed by atoms with E-state index in [2.05, 4.69) is 5.32 Å². The fourth-order valence-electron chi connectivity index (χ4n) is 3.78. The SMILES string of the molecule is CCOC(=O)c1c(C)oc(NC(=O)CCC(=O)c2ccc3c(c2)CCCC3)c1C(N)=O. The highest BCUT2D eigenvalue weighted by Gasteiger charge is 2.29. The van der Waals surface area contributed by atoms with Crippen molar-refractivity contribution in [3.05, 3.63) is 51.8 Å². The zero-order chi connectivity index (χ0) is 22.5. The highest BCUT2D eigenvalue weighted by atomic mass is 16.5. The van der Waals surface area contributed by atoms with Crippen molar-refractivity contribution in [2.75, 3.05) is 11.9 Å². The number of hydrogen-bond donors (Lipinski definition) is 2. The molecule has 0 unspecified atom stereocenters. The number of Topliss-reactive ketones (excluding diaryl/α,β-unsaturated/α-hetero) is 1. The molecule has 3 N–H and O–H groups in total. The number of ketones is 1. The number of benzene rings is 1. The van der Waals surface area contributed by atoms with Crippen LogP contribution in [0.1, 0.15) is 80.6 Å². The zero-order valence-corrected chi connectivity index (χ0v) is 17.7. The number of rotatable bonds is 8. The van der Waals surface area contributed by atoms with Gasteiger partial charge in [0, 0.05) is 18.4 Å². The fourth-order valence-corrected chi connectivity index (χ4v) is 3.78. The average Bonchev–Trinajstić information content (AvgIpc) is 3.07. The van der Waals surface area contributed by atoms with Gasteiger partial charge >= 0.3 is 5.97 Å². The van der Waals surface area contributed by atoms with Crippen molar-refractivity contribution in [3.63, 3.8) is 0 Å². The van der Waals surface area contributed by atoms with E-state index in [1.807, 2.05) is 12.1 Å². The highest BCUT2D eigenvalue weighted by molar-refractivity contribution is 6.10. The van der Waals surface area contributed by atoms with Crippen LogP contribution in [0, 0.1) is 6.92 Å². The molecule has 3 rings (SSSR count). The van der Waals surface area contributed by atoms with Crippen molar-refractivity contribution in [1.82, 2.24) is 0 Å². The van der Waals surface area contributed by atoms with Gasteiger partial charge in [0.25, 0.3) is 5.91 Å². The molecular weight excluding hydrogens is 400 g/mol. The highest BCUT2D eigenvalue weighted by Crippen LogP contribution is 2.28. The number of nitrogens with one attached hydrogen (secondary N) is 1. The molecule has 1 aliphatic carbocycles. The summed E-state index contributed by atoms with van der Waals surface area (Å²) in [6.07, 6.45) is 4.17. The number of hydrogen-bond acceptors (Lipinski definition) is 6. The fraction of sp³-hybridized carbons (Fsp3) is 0.391. The predicted molar refractivity (Wildman–Crippen MR) is 113 cm³/mol. The topological polar surface area (TPSA) is 129 Å². The van der Waals surface area contributed by atoms with E-state index < -0.39 is 17.8 Å². The van der Waals surface area contributed by atoms with Crippen molar-refractivity contribution in [2.45, 2.75) is 52.4 Å². The van der Waals surface area contributed by atoms with Gasteiger partial charge in [-0.15, -0.1) is 0 Å². The van der Waals surface area contributed by atoms with Gasteiger partial charge in [-0.05, 0) is 56.7 Å². The number of ether oxygens (including phenoxy) is 1. The molecule has 8 nitrogen and oxygen atoms in total. The molecular formula is C23H26N2O6. The van der Waals surface area contributed by atoms with E-state index in [4.69, 9.17) is 14.9 Å². The molecule has 31 heavy (non-hydrogen) atoms. The Labute approximate surface area is 180 Å². The minimum absolute atomic E-state index is 0.000941. The smallest absolute Gasteiger partial charge is 0.342 e. The minimum atomic E-state index is -0.930. The van der Waals surface area contributed by atoms with Gasteiger partial charge in [0.2, 0.25) is 11.8 Å². The lowest BCUT2D eigenvalue weighted by molar-refractivity contribution is -0.116. The first-order valence-corrected chi connectivity index (χ1v) is 10.4. The molecule has 2 aromatic rings. The predicted octanol–water partition coefficient (Wildman–Crippen LogP) is 3.34. The van der Waals surface area contributed by atoms with Crippen LogP contribution in [0.5, 0.6) is 0 Å². The Hall–Kier alpha value is -3.42. The van der Waals surface area contributed by atoms with E-state index in [9.17, 15) is 19.2 Å². The van der Waals surface area contributed by atoms with E-state index in [0.717, 1.165) is 25.7 Å². The Morgan fingerprint density at radius 1 is 1.06 bits per heavy atom. The molecule has 0 bridgehead atoms. The molecule has 0 saturated carbocycles. The molecule has 0 atom stereocenters. The second kappa shape index (κ2) is 9.59. The van der Waals surface area contributed by atoms with Gasteiger partial charge in [0.1, 0.15) is 16.9 Å². The minimum Gasteiger partial charge on any atom is -0.462 e. The van der Waals surface area contributed by atoms with Gasteiger partial charge in [-0.3, -0.25) is 19.7 Å². The Balaban J connectivity index is 1.67. The quantitative estimate of drug-likeness (QED) is 0.492. The summed E-state index contributed by atoms with van der Waals surface area (Å²) in [6, 6.07) is 5.71. The summed E-state index contributed by atoms with van der Waals surface area (Å²) in [5, 5.41) is 2.44. The number of primary amides is 1. The third kappa shape index (κ3) is 5.02. The van der Waals surface area contributed by atoms with Crippen molar-refractivity contribution in [2.24, 2.45) is 5.73 Å². The van der Waals surface area contributed by atoms with E-state index in [-0.39, 0.29) is 48.0 Å². The van der Waals surface area contributed by atoms with Crippen LogP contribution in [0.4, 0.5) is 5.88 Å². The van der Waals surface area contributed by atoms with Crippen molar-refractivity contribution in [3.8, 4) is 0 Å². The van der Waals surface area contributed by atoms with Crippen LogP contribution >= 0.6 is 0 Å². The summed E-state index contributed by atoms with van der Waals surface area (Å²) in [7, 11) is 0. The van der Waals surface area contributed by atoms with E-state index in [1.54, 1.807) is 13.0 Å². The average molecular weight is 426 g/mol. The first kappa shape index (κ1) is 22.3. The van der Waals surface area contributed by atoms with E-state index in [0.29, 0.717) is 5.56 Å². The standard InChI is InChI=1S/C23H26N2O6/c1-3-30-23(29)19-13(2)31-22(20(19)21(24)28)25-18(27)11-10-17(26)16-9-8-14-6-4-5-7-15(14)12-16/h8-9,12H,3-7,10-11H2,1-2H3,(H2,24,28)(H,25,27). The summed E-state index contributed by atoms with van der Waals surface area (Å²) >= 11 is 0. The van der Waals surface area contributed by atoms with Crippen LogP contribution in [-0.2, 0) is 22.4 Å². The molecule has 0 saturated heterocycles. The molecule has 0 fully saturated rings. The van der Waals surface area contributed by atoms with Gasteiger partial charge in [0.05, 0.1) is 6.61 Å². The number of aryl methyl sites for hydroxylation is 3. The van der Waals surface area contributed by atoms with Crippen LogP contribution in [0.3, 0.4) is 0 Å². The lowest BCUT2D eigenvalue weighted by Crippen LogP contribution is -2.20. The van der Waals surface area contributed by atoms with Crippen LogP contribution in [0.2, 0.25) is 0 Å². The van der Waals surface area contributed by atoms with Crippen LogP contribution < -0.4 is 11.1 Å². The molecule has 164 valence electrons. The summed E-state index contributed by atoms with van der Waals surface area (Å²) < 4.78 is 10.3. The first-order chi connectivity index (χ1) is 14.8. The summed E-state index contributed by atoms with van der Waals surface area (Å²) in [4.78, 5) is 48.9. The second-order valence-corrected chi connectivity index (χ2v) is 7.48. The molecule has 1 heterocycles. The van der Waals surface area contributed by atoms with Crippen LogP contribution in [-0.4, -0.2) is 30.2 Å². The van der Waals surface area contributed by atoms with E-state index in [1.165, 1.54) is 18.1 Å². The van der Waals surface area contributed by atoms with Gasteiger partial charge in [-0.1, -0.05) is 12.1 Å². The third-order valence-corrected chi connectivity index (χ3v) is 5.31. The monoisotopic (exact) mass is 426 g/mol.